The molecular weight excluding hydrogens is 342 g/mol. The van der Waals surface area contributed by atoms with Gasteiger partial charge in [0.25, 0.3) is 5.91 Å². The SMILES string of the molecule is O=C(c1cc(COc2cccc3cccnc23)on1)N1C[C@@H]2CCC[C@H]1C2. The van der Waals surface area contributed by atoms with Crippen LogP contribution in [0, 0.1) is 5.92 Å². The lowest BCUT2D eigenvalue weighted by Gasteiger charge is -2.23. The number of para-hydroxylation sites is 1. The number of carbonyl (C=O) groups excluding carboxylic acids is 1. The molecular formula is C21H21N3O3. The first-order valence-electron chi connectivity index (χ1n) is 9.51. The Morgan fingerprint density at radius 3 is 3.11 bits per heavy atom. The highest BCUT2D eigenvalue weighted by Gasteiger charge is 2.38. The van der Waals surface area contributed by atoms with E-state index in [1.807, 2.05) is 35.2 Å². The van der Waals surface area contributed by atoms with Gasteiger partial charge in [0.1, 0.15) is 17.9 Å². The predicted octanol–water partition coefficient (Wildman–Crippen LogP) is 3.82. The molecule has 1 aliphatic carbocycles. The number of benzene rings is 1. The summed E-state index contributed by atoms with van der Waals surface area (Å²) in [6, 6.07) is 11.8. The molecule has 5 rings (SSSR count). The summed E-state index contributed by atoms with van der Waals surface area (Å²) in [5, 5.41) is 5.00. The van der Waals surface area contributed by atoms with Gasteiger partial charge in [-0.05, 0) is 37.3 Å². The maximum Gasteiger partial charge on any atom is 0.276 e. The van der Waals surface area contributed by atoms with Crippen LogP contribution in [-0.4, -0.2) is 33.5 Å². The Morgan fingerprint density at radius 1 is 1.26 bits per heavy atom. The summed E-state index contributed by atoms with van der Waals surface area (Å²) >= 11 is 0. The van der Waals surface area contributed by atoms with E-state index in [4.69, 9.17) is 9.26 Å². The van der Waals surface area contributed by atoms with Crippen LogP contribution in [0.2, 0.25) is 0 Å². The largest absolute Gasteiger partial charge is 0.483 e. The number of ether oxygens (including phenoxy) is 1. The quantitative estimate of drug-likeness (QED) is 0.705. The van der Waals surface area contributed by atoms with Crippen LogP contribution in [0.5, 0.6) is 5.75 Å². The molecule has 27 heavy (non-hydrogen) atoms. The van der Waals surface area contributed by atoms with Gasteiger partial charge in [0.2, 0.25) is 0 Å². The van der Waals surface area contributed by atoms with Gasteiger partial charge in [-0.3, -0.25) is 9.78 Å². The average molecular weight is 363 g/mol. The number of carbonyl (C=O) groups is 1. The fourth-order valence-electron chi connectivity index (χ4n) is 4.36. The average Bonchev–Trinajstić information content (AvgIpc) is 3.30. The second-order valence-corrected chi connectivity index (χ2v) is 7.44. The number of pyridine rings is 1. The summed E-state index contributed by atoms with van der Waals surface area (Å²) in [5.74, 6) is 1.85. The lowest BCUT2D eigenvalue weighted by molar-refractivity contribution is 0.0722. The van der Waals surface area contributed by atoms with E-state index < -0.39 is 0 Å². The summed E-state index contributed by atoms with van der Waals surface area (Å²) in [5.41, 5.74) is 1.18. The normalized spacial score (nSPS) is 21.6. The molecule has 2 aliphatic rings. The highest BCUT2D eigenvalue weighted by molar-refractivity contribution is 5.92. The third-order valence-corrected chi connectivity index (χ3v) is 5.66. The van der Waals surface area contributed by atoms with Crippen LogP contribution < -0.4 is 4.74 Å². The van der Waals surface area contributed by atoms with Gasteiger partial charge in [-0.2, -0.15) is 0 Å². The van der Waals surface area contributed by atoms with Crippen LogP contribution in [0.1, 0.15) is 41.9 Å². The van der Waals surface area contributed by atoms with E-state index in [1.54, 1.807) is 12.3 Å². The van der Waals surface area contributed by atoms with Crippen LogP contribution in [0.25, 0.3) is 10.9 Å². The Labute approximate surface area is 157 Å². The van der Waals surface area contributed by atoms with E-state index in [0.717, 1.165) is 30.3 Å². The van der Waals surface area contributed by atoms with E-state index in [0.29, 0.717) is 29.2 Å². The predicted molar refractivity (Wildman–Crippen MR) is 99.4 cm³/mol. The van der Waals surface area contributed by atoms with Crippen LogP contribution in [0.4, 0.5) is 0 Å². The maximum atomic E-state index is 12.8. The molecule has 1 aliphatic heterocycles. The van der Waals surface area contributed by atoms with Gasteiger partial charge in [0, 0.05) is 30.2 Å². The zero-order valence-electron chi connectivity index (χ0n) is 15.0. The number of aromatic nitrogens is 2. The zero-order valence-corrected chi connectivity index (χ0v) is 15.0. The molecule has 1 saturated heterocycles. The summed E-state index contributed by atoms with van der Waals surface area (Å²) in [6.07, 6.45) is 6.43. The number of fused-ring (bicyclic) bond motifs is 3. The first kappa shape index (κ1) is 16.3. The molecule has 1 aromatic carbocycles. The van der Waals surface area contributed by atoms with Gasteiger partial charge in [0.05, 0.1) is 0 Å². The van der Waals surface area contributed by atoms with Crippen molar-refractivity contribution in [3.05, 3.63) is 54.0 Å². The number of hydrogen-bond donors (Lipinski definition) is 0. The molecule has 0 unspecified atom stereocenters. The first-order chi connectivity index (χ1) is 13.3. The maximum absolute atomic E-state index is 12.8. The van der Waals surface area contributed by atoms with Crippen molar-refractivity contribution in [1.82, 2.24) is 15.0 Å². The van der Waals surface area contributed by atoms with Crippen LogP contribution in [-0.2, 0) is 6.61 Å². The minimum atomic E-state index is -0.0220. The Bertz CT molecular complexity index is 978. The van der Waals surface area contributed by atoms with Gasteiger partial charge in [-0.15, -0.1) is 0 Å². The summed E-state index contributed by atoms with van der Waals surface area (Å²) in [6.45, 7) is 1.06. The fourth-order valence-corrected chi connectivity index (χ4v) is 4.36. The van der Waals surface area contributed by atoms with Crippen LogP contribution >= 0.6 is 0 Å². The fraction of sp³-hybridized carbons (Fsp3) is 0.381. The van der Waals surface area contributed by atoms with Gasteiger partial charge in [0.15, 0.2) is 11.5 Å². The molecule has 6 heteroatoms. The van der Waals surface area contributed by atoms with Crippen molar-refractivity contribution in [2.45, 2.75) is 38.3 Å². The van der Waals surface area contributed by atoms with Crippen molar-refractivity contribution in [2.75, 3.05) is 6.54 Å². The Kier molecular flexibility index (Phi) is 4.03. The van der Waals surface area contributed by atoms with Crippen molar-refractivity contribution in [3.8, 4) is 5.75 Å². The zero-order chi connectivity index (χ0) is 18.2. The molecule has 2 bridgehead atoms. The van der Waals surface area contributed by atoms with E-state index in [-0.39, 0.29) is 12.5 Å². The van der Waals surface area contributed by atoms with Crippen molar-refractivity contribution in [2.24, 2.45) is 5.92 Å². The monoisotopic (exact) mass is 363 g/mol. The second-order valence-electron chi connectivity index (χ2n) is 7.44. The molecule has 3 aromatic rings. The second kappa shape index (κ2) is 6.68. The molecule has 2 fully saturated rings. The molecule has 0 N–H and O–H groups in total. The topological polar surface area (TPSA) is 68.5 Å². The van der Waals surface area contributed by atoms with Gasteiger partial charge >= 0.3 is 0 Å². The molecule has 1 saturated carbocycles. The first-order valence-corrected chi connectivity index (χ1v) is 9.51. The molecule has 0 spiro atoms. The van der Waals surface area contributed by atoms with Crippen molar-refractivity contribution < 1.29 is 14.1 Å². The highest BCUT2D eigenvalue weighted by atomic mass is 16.5. The Morgan fingerprint density at radius 2 is 2.19 bits per heavy atom. The van der Waals surface area contributed by atoms with Crippen molar-refractivity contribution in [3.63, 3.8) is 0 Å². The summed E-state index contributed by atoms with van der Waals surface area (Å²) in [7, 11) is 0. The molecule has 0 radical (unpaired) electrons. The number of likely N-dealkylation sites (tertiary alicyclic amines) is 1. The minimum absolute atomic E-state index is 0.0220. The van der Waals surface area contributed by atoms with Crippen molar-refractivity contribution >= 4 is 16.8 Å². The Hall–Kier alpha value is -2.89. The van der Waals surface area contributed by atoms with Gasteiger partial charge in [-0.25, -0.2) is 0 Å². The van der Waals surface area contributed by atoms with E-state index in [1.165, 1.54) is 12.8 Å². The molecule has 3 heterocycles. The molecule has 2 aromatic heterocycles. The van der Waals surface area contributed by atoms with Crippen LogP contribution in [0.3, 0.4) is 0 Å². The van der Waals surface area contributed by atoms with Crippen LogP contribution in [0.15, 0.2) is 47.1 Å². The van der Waals surface area contributed by atoms with E-state index >= 15 is 0 Å². The molecule has 2 atom stereocenters. The molecule has 1 amide bonds. The molecule has 138 valence electrons. The summed E-state index contributed by atoms with van der Waals surface area (Å²) in [4.78, 5) is 19.2. The summed E-state index contributed by atoms with van der Waals surface area (Å²) < 4.78 is 11.2. The molecule has 6 nitrogen and oxygen atoms in total. The van der Waals surface area contributed by atoms with Gasteiger partial charge in [-0.1, -0.05) is 29.8 Å². The lowest BCUT2D eigenvalue weighted by Crippen LogP contribution is -2.35. The number of rotatable bonds is 4. The third kappa shape index (κ3) is 3.05. The van der Waals surface area contributed by atoms with E-state index in [9.17, 15) is 4.79 Å². The third-order valence-electron chi connectivity index (χ3n) is 5.66. The van der Waals surface area contributed by atoms with Crippen molar-refractivity contribution in [1.29, 1.82) is 0 Å². The van der Waals surface area contributed by atoms with E-state index in [2.05, 4.69) is 10.1 Å². The lowest BCUT2D eigenvalue weighted by atomic mass is 9.90. The minimum Gasteiger partial charge on any atom is -0.483 e. The highest BCUT2D eigenvalue weighted by Crippen LogP contribution is 2.36. The Balaban J connectivity index is 1.29. The number of amides is 1. The van der Waals surface area contributed by atoms with Gasteiger partial charge < -0.3 is 14.2 Å². The number of hydrogen-bond acceptors (Lipinski definition) is 5. The number of nitrogens with zero attached hydrogens (tertiary/aromatic N) is 3. The smallest absolute Gasteiger partial charge is 0.276 e. The standard InChI is InChI=1S/C21H21N3O3/c25-21(24-12-14-4-1-7-16(24)10-14)18-11-17(27-23-18)13-26-19-8-2-5-15-6-3-9-22-20(15)19/h2-3,5-6,8-9,11,14,16H,1,4,7,10,12-13H2/t14-,16+/m1/s1.